The van der Waals surface area contributed by atoms with Crippen LogP contribution < -0.4 is 5.43 Å². The molecule has 19 heavy (non-hydrogen) atoms. The standard InChI is InChI=1S/C14H19N3O2/c1-10-12(8-19-9-14(18)16-17(2)3)11-6-4-5-7-13(11)15-10/h4-7,15H,8-9H2,1-3H3,(H,16,18). The van der Waals surface area contributed by atoms with Gasteiger partial charge in [0.1, 0.15) is 6.61 Å². The summed E-state index contributed by atoms with van der Waals surface area (Å²) < 4.78 is 5.47. The van der Waals surface area contributed by atoms with Gasteiger partial charge in [0.2, 0.25) is 0 Å². The summed E-state index contributed by atoms with van der Waals surface area (Å²) in [6, 6.07) is 8.08. The number of nitrogens with one attached hydrogen (secondary N) is 2. The maximum Gasteiger partial charge on any atom is 0.260 e. The molecule has 2 rings (SSSR count). The van der Waals surface area contributed by atoms with Gasteiger partial charge < -0.3 is 9.72 Å². The van der Waals surface area contributed by atoms with Crippen molar-refractivity contribution in [3.05, 3.63) is 35.5 Å². The molecule has 0 aliphatic rings. The molecule has 5 nitrogen and oxygen atoms in total. The Morgan fingerprint density at radius 2 is 2.11 bits per heavy atom. The summed E-state index contributed by atoms with van der Waals surface area (Å²) in [5.74, 6) is -0.150. The first-order chi connectivity index (χ1) is 9.08. The molecule has 0 aliphatic carbocycles. The second kappa shape index (κ2) is 5.86. The number of hydrogen-bond donors (Lipinski definition) is 2. The first-order valence-electron chi connectivity index (χ1n) is 6.18. The predicted octanol–water partition coefficient (Wildman–Crippen LogP) is 1.59. The minimum absolute atomic E-state index is 0.0527. The van der Waals surface area contributed by atoms with E-state index in [-0.39, 0.29) is 12.5 Å². The Kier molecular flexibility index (Phi) is 4.19. The number of benzene rings is 1. The number of fused-ring (bicyclic) bond motifs is 1. The number of para-hydroxylation sites is 1. The molecule has 0 saturated carbocycles. The van der Waals surface area contributed by atoms with E-state index >= 15 is 0 Å². The highest BCUT2D eigenvalue weighted by molar-refractivity contribution is 5.84. The molecule has 1 heterocycles. The molecule has 2 aromatic rings. The molecule has 0 fully saturated rings. The summed E-state index contributed by atoms with van der Waals surface area (Å²) in [5, 5.41) is 2.75. The summed E-state index contributed by atoms with van der Waals surface area (Å²) in [6.45, 7) is 2.49. The van der Waals surface area contributed by atoms with Gasteiger partial charge in [0, 0.05) is 36.3 Å². The van der Waals surface area contributed by atoms with Crippen LogP contribution in [0.25, 0.3) is 10.9 Å². The van der Waals surface area contributed by atoms with E-state index < -0.39 is 0 Å². The number of nitrogens with zero attached hydrogens (tertiary/aromatic N) is 1. The van der Waals surface area contributed by atoms with E-state index in [0.717, 1.165) is 22.2 Å². The quantitative estimate of drug-likeness (QED) is 0.804. The smallest absolute Gasteiger partial charge is 0.260 e. The van der Waals surface area contributed by atoms with Gasteiger partial charge in [-0.15, -0.1) is 0 Å². The largest absolute Gasteiger partial charge is 0.367 e. The molecule has 0 unspecified atom stereocenters. The Labute approximate surface area is 112 Å². The van der Waals surface area contributed by atoms with Gasteiger partial charge in [-0.2, -0.15) is 0 Å². The molecule has 0 atom stereocenters. The molecule has 5 heteroatoms. The van der Waals surface area contributed by atoms with Crippen molar-refractivity contribution < 1.29 is 9.53 Å². The first kappa shape index (κ1) is 13.6. The summed E-state index contributed by atoms with van der Waals surface area (Å²) in [5.41, 5.74) is 5.91. The van der Waals surface area contributed by atoms with E-state index in [0.29, 0.717) is 6.61 Å². The zero-order valence-corrected chi connectivity index (χ0v) is 11.5. The average molecular weight is 261 g/mol. The van der Waals surface area contributed by atoms with Crippen molar-refractivity contribution in [2.45, 2.75) is 13.5 Å². The van der Waals surface area contributed by atoms with E-state index in [2.05, 4.69) is 16.5 Å². The van der Waals surface area contributed by atoms with Gasteiger partial charge in [-0.05, 0) is 13.0 Å². The van der Waals surface area contributed by atoms with E-state index in [1.54, 1.807) is 19.1 Å². The number of amides is 1. The van der Waals surface area contributed by atoms with Crippen LogP contribution >= 0.6 is 0 Å². The average Bonchev–Trinajstić information content (AvgIpc) is 2.65. The van der Waals surface area contributed by atoms with Gasteiger partial charge in [-0.25, -0.2) is 5.01 Å². The topological polar surface area (TPSA) is 57.4 Å². The number of aromatic amines is 1. The number of hydrogen-bond acceptors (Lipinski definition) is 3. The number of hydrazine groups is 1. The summed E-state index contributed by atoms with van der Waals surface area (Å²) in [4.78, 5) is 14.8. The lowest BCUT2D eigenvalue weighted by atomic mass is 10.1. The molecule has 1 aromatic carbocycles. The van der Waals surface area contributed by atoms with Crippen LogP contribution in [-0.2, 0) is 16.1 Å². The Balaban J connectivity index is 1.98. The number of rotatable bonds is 5. The van der Waals surface area contributed by atoms with Crippen LogP contribution in [0.5, 0.6) is 0 Å². The predicted molar refractivity (Wildman–Crippen MR) is 74.5 cm³/mol. The van der Waals surface area contributed by atoms with E-state index in [9.17, 15) is 4.79 Å². The third kappa shape index (κ3) is 3.33. The highest BCUT2D eigenvalue weighted by atomic mass is 16.5. The molecule has 2 N–H and O–H groups in total. The van der Waals surface area contributed by atoms with Crippen molar-refractivity contribution in [1.29, 1.82) is 0 Å². The zero-order chi connectivity index (χ0) is 13.8. The van der Waals surface area contributed by atoms with Gasteiger partial charge in [0.05, 0.1) is 6.61 Å². The van der Waals surface area contributed by atoms with Gasteiger partial charge >= 0.3 is 0 Å². The molecule has 1 aromatic heterocycles. The SMILES string of the molecule is Cc1[nH]c2ccccc2c1COCC(=O)NN(C)C. The Hall–Kier alpha value is -1.85. The van der Waals surface area contributed by atoms with Crippen molar-refractivity contribution in [3.63, 3.8) is 0 Å². The van der Waals surface area contributed by atoms with Gasteiger partial charge in [0.25, 0.3) is 5.91 Å². The van der Waals surface area contributed by atoms with Crippen molar-refractivity contribution in [3.8, 4) is 0 Å². The van der Waals surface area contributed by atoms with Crippen molar-refractivity contribution in [2.75, 3.05) is 20.7 Å². The number of carbonyl (C=O) groups excluding carboxylic acids is 1. The normalized spacial score (nSPS) is 11.2. The maximum atomic E-state index is 11.4. The number of H-pyrrole nitrogens is 1. The van der Waals surface area contributed by atoms with Crippen molar-refractivity contribution in [2.24, 2.45) is 0 Å². The molecule has 0 radical (unpaired) electrons. The van der Waals surface area contributed by atoms with Crippen molar-refractivity contribution >= 4 is 16.8 Å². The highest BCUT2D eigenvalue weighted by Gasteiger charge is 2.09. The molecule has 0 aliphatic heterocycles. The van der Waals surface area contributed by atoms with Crippen LogP contribution in [0.3, 0.4) is 0 Å². The van der Waals surface area contributed by atoms with E-state index in [1.807, 2.05) is 25.1 Å². The van der Waals surface area contributed by atoms with E-state index in [1.165, 1.54) is 0 Å². The highest BCUT2D eigenvalue weighted by Crippen LogP contribution is 2.22. The van der Waals surface area contributed by atoms with Crippen LogP contribution in [0, 0.1) is 6.92 Å². The first-order valence-corrected chi connectivity index (χ1v) is 6.18. The molecule has 0 spiro atoms. The van der Waals surface area contributed by atoms with Crippen LogP contribution in [0.2, 0.25) is 0 Å². The second-order valence-electron chi connectivity index (χ2n) is 4.70. The Bertz CT molecular complexity index is 575. The fourth-order valence-electron chi connectivity index (χ4n) is 2.05. The van der Waals surface area contributed by atoms with Gasteiger partial charge in [0.15, 0.2) is 0 Å². The molecule has 0 bridgehead atoms. The van der Waals surface area contributed by atoms with Crippen LogP contribution in [0.15, 0.2) is 24.3 Å². The lowest BCUT2D eigenvalue weighted by molar-refractivity contribution is -0.129. The summed E-state index contributed by atoms with van der Waals surface area (Å²) >= 11 is 0. The number of carbonyl (C=O) groups is 1. The Morgan fingerprint density at radius 3 is 2.84 bits per heavy atom. The maximum absolute atomic E-state index is 11.4. The number of aromatic nitrogens is 1. The van der Waals surface area contributed by atoms with Crippen LogP contribution in [0.4, 0.5) is 0 Å². The van der Waals surface area contributed by atoms with Crippen LogP contribution in [0.1, 0.15) is 11.3 Å². The zero-order valence-electron chi connectivity index (χ0n) is 11.5. The monoisotopic (exact) mass is 261 g/mol. The summed E-state index contributed by atoms with van der Waals surface area (Å²) in [6.07, 6.45) is 0. The third-order valence-electron chi connectivity index (χ3n) is 2.85. The molecule has 102 valence electrons. The van der Waals surface area contributed by atoms with E-state index in [4.69, 9.17) is 4.74 Å². The summed E-state index contributed by atoms with van der Waals surface area (Å²) in [7, 11) is 3.53. The van der Waals surface area contributed by atoms with Gasteiger partial charge in [-0.3, -0.25) is 10.2 Å². The molecule has 0 saturated heterocycles. The Morgan fingerprint density at radius 1 is 1.37 bits per heavy atom. The second-order valence-corrected chi connectivity index (χ2v) is 4.70. The molecule has 1 amide bonds. The fraction of sp³-hybridized carbons (Fsp3) is 0.357. The third-order valence-corrected chi connectivity index (χ3v) is 2.85. The lowest BCUT2D eigenvalue weighted by Crippen LogP contribution is -2.38. The molecular weight excluding hydrogens is 242 g/mol. The fourth-order valence-corrected chi connectivity index (χ4v) is 2.05. The molecular formula is C14H19N3O2. The minimum atomic E-state index is -0.150. The van der Waals surface area contributed by atoms with Crippen molar-refractivity contribution in [1.82, 2.24) is 15.4 Å². The van der Waals surface area contributed by atoms with Gasteiger partial charge in [-0.1, -0.05) is 18.2 Å². The number of ether oxygens (including phenoxy) is 1. The van der Waals surface area contributed by atoms with Crippen LogP contribution in [-0.4, -0.2) is 36.6 Å². The minimum Gasteiger partial charge on any atom is -0.367 e. The number of aryl methyl sites for hydroxylation is 1. The lowest BCUT2D eigenvalue weighted by Gasteiger charge is -2.11.